The van der Waals surface area contributed by atoms with E-state index in [0.29, 0.717) is 87.6 Å². The Kier molecular flexibility index (Phi) is 37.3. The molecular formula is C63H90O15. The summed E-state index contributed by atoms with van der Waals surface area (Å²) in [5.74, 6) is 1.50. The molecule has 0 aromatic heterocycles. The lowest BCUT2D eigenvalue weighted by molar-refractivity contribution is -0.104. The number of ether oxygens (including phenoxy) is 11. The van der Waals surface area contributed by atoms with Crippen LogP contribution in [-0.4, -0.2) is 116 Å². The standard InChI is InChI=1S/C31H42O7.C20H32O5.C11H12O3.CH4/c1-7-10-23(3)29(37-22-33-4)20-27(18-19-36-21-24-14-16-26(34-5)17-15-24)38-31(32)30-25(11-8-2)12-9-13-28(30)35-6;1-5-6-16(2)20(25-15-22-3)13-18(21)11-12-24-14-17-7-9-19(23-4)10-8-17;1-3-5-8-6-4-7-9(14-2)10(8)11(12)13;/h7-9,12-17,23,27,29H,1-2,10-11,18-22H2,3-6H3;5,7-10,16,18,20-21H,1,6,11-15H2,2-4H3;3-4,6-7H,1,5H2,2H3,(H,12,13);1H4/t23-,27?,29+;16-,18+,20+;;/m00../s1. The molecule has 6 atom stereocenters. The van der Waals surface area contributed by atoms with Gasteiger partial charge < -0.3 is 62.3 Å². The molecule has 0 fully saturated rings. The number of allylic oxidation sites excluding steroid dienone is 4. The van der Waals surface area contributed by atoms with E-state index in [1.54, 1.807) is 72.0 Å². The summed E-state index contributed by atoms with van der Waals surface area (Å²) in [5.41, 5.74) is 4.25. The van der Waals surface area contributed by atoms with Crippen molar-refractivity contribution < 1.29 is 71.9 Å². The first-order valence-corrected chi connectivity index (χ1v) is 25.8. The van der Waals surface area contributed by atoms with E-state index in [1.807, 2.05) is 72.8 Å². The molecule has 0 aliphatic rings. The predicted octanol–water partition coefficient (Wildman–Crippen LogP) is 12.5. The predicted molar refractivity (Wildman–Crippen MR) is 308 cm³/mol. The van der Waals surface area contributed by atoms with Gasteiger partial charge in [0.05, 0.1) is 66.6 Å². The van der Waals surface area contributed by atoms with Crippen LogP contribution >= 0.6 is 0 Å². The fourth-order valence-corrected chi connectivity index (χ4v) is 8.03. The van der Waals surface area contributed by atoms with Gasteiger partial charge in [0.15, 0.2) is 0 Å². The summed E-state index contributed by atoms with van der Waals surface area (Å²) < 4.78 is 60.3. The van der Waals surface area contributed by atoms with Crippen molar-refractivity contribution in [2.75, 3.05) is 69.5 Å². The van der Waals surface area contributed by atoms with Crippen molar-refractivity contribution in [1.82, 2.24) is 0 Å². The molecule has 0 saturated carbocycles. The summed E-state index contributed by atoms with van der Waals surface area (Å²) >= 11 is 0. The third-order valence-corrected chi connectivity index (χ3v) is 12.3. The zero-order valence-corrected chi connectivity index (χ0v) is 46.8. The van der Waals surface area contributed by atoms with Gasteiger partial charge in [0.2, 0.25) is 0 Å². The SMILES string of the molecule is C.C=CC[C@H](C)[C@@H](C[C@H](O)CCOCc1ccc(OC)cc1)OCOC.C=CCc1cccc(OC)c1C(=O)O.C=CCc1cccc(OC)c1C(=O)OC(CCOCc1ccc(OC)cc1)C[C@@H](OCOC)[C@@H](C)CC=C. The molecule has 4 rings (SSSR count). The van der Waals surface area contributed by atoms with Crippen LogP contribution in [-0.2, 0) is 59.2 Å². The molecular weight excluding hydrogens is 997 g/mol. The van der Waals surface area contributed by atoms with Crippen LogP contribution in [0.2, 0.25) is 0 Å². The van der Waals surface area contributed by atoms with E-state index in [0.717, 1.165) is 41.0 Å². The van der Waals surface area contributed by atoms with Crippen molar-refractivity contribution in [2.24, 2.45) is 11.8 Å². The van der Waals surface area contributed by atoms with Gasteiger partial charge in [-0.15, -0.1) is 26.3 Å². The second-order valence-corrected chi connectivity index (χ2v) is 18.0. The molecule has 78 heavy (non-hydrogen) atoms. The van der Waals surface area contributed by atoms with E-state index >= 15 is 0 Å². The van der Waals surface area contributed by atoms with E-state index in [1.165, 1.54) is 7.11 Å². The molecule has 0 heterocycles. The van der Waals surface area contributed by atoms with Gasteiger partial charge in [-0.05, 0) is 109 Å². The number of aliphatic hydroxyl groups excluding tert-OH is 1. The molecule has 4 aromatic rings. The summed E-state index contributed by atoms with van der Waals surface area (Å²) in [4.78, 5) is 24.4. The number of aromatic carboxylic acids is 1. The lowest BCUT2D eigenvalue weighted by atomic mass is 9.94. The Hall–Kier alpha value is -6.30. The number of hydrogen-bond donors (Lipinski definition) is 2. The van der Waals surface area contributed by atoms with Crippen LogP contribution in [0.1, 0.15) is 103 Å². The van der Waals surface area contributed by atoms with Crippen molar-refractivity contribution in [2.45, 2.75) is 110 Å². The van der Waals surface area contributed by atoms with Crippen molar-refractivity contribution in [3.8, 4) is 23.0 Å². The van der Waals surface area contributed by atoms with Crippen molar-refractivity contribution in [3.05, 3.63) is 169 Å². The minimum atomic E-state index is -0.973. The summed E-state index contributed by atoms with van der Waals surface area (Å²) in [6.07, 6.45) is 10.8. The maximum Gasteiger partial charge on any atom is 0.342 e. The minimum Gasteiger partial charge on any atom is -0.497 e. The Morgan fingerprint density at radius 2 is 1.00 bits per heavy atom. The Morgan fingerprint density at radius 3 is 1.41 bits per heavy atom. The van der Waals surface area contributed by atoms with Crippen LogP contribution in [0.25, 0.3) is 0 Å². The van der Waals surface area contributed by atoms with Crippen molar-refractivity contribution in [3.63, 3.8) is 0 Å². The molecule has 0 saturated heterocycles. The van der Waals surface area contributed by atoms with Crippen LogP contribution in [0, 0.1) is 11.8 Å². The molecule has 0 aliphatic heterocycles. The Balaban J connectivity index is 0.000000650. The summed E-state index contributed by atoms with van der Waals surface area (Å²) in [7, 11) is 9.46. The maximum absolute atomic E-state index is 13.5. The third-order valence-electron chi connectivity index (χ3n) is 12.3. The minimum absolute atomic E-state index is 0. The number of carboxylic acid groups (broad SMARTS) is 1. The van der Waals surface area contributed by atoms with Crippen LogP contribution < -0.4 is 18.9 Å². The average Bonchev–Trinajstić information content (AvgIpc) is 3.45. The van der Waals surface area contributed by atoms with E-state index in [9.17, 15) is 14.7 Å². The summed E-state index contributed by atoms with van der Waals surface area (Å²) in [5, 5.41) is 19.2. The first kappa shape index (κ1) is 69.7. The molecule has 0 aliphatic carbocycles. The molecule has 0 radical (unpaired) electrons. The summed E-state index contributed by atoms with van der Waals surface area (Å²) in [6.45, 7) is 21.4. The van der Waals surface area contributed by atoms with Gasteiger partial charge in [0, 0.05) is 33.7 Å². The molecule has 0 bridgehead atoms. The van der Waals surface area contributed by atoms with Gasteiger partial charge in [-0.3, -0.25) is 0 Å². The van der Waals surface area contributed by atoms with Gasteiger partial charge in [0.1, 0.15) is 53.8 Å². The molecule has 432 valence electrons. The number of carbonyl (C=O) groups excluding carboxylic acids is 1. The zero-order chi connectivity index (χ0) is 56.8. The quantitative estimate of drug-likeness (QED) is 0.0189. The van der Waals surface area contributed by atoms with E-state index in [-0.39, 0.29) is 50.6 Å². The zero-order valence-electron chi connectivity index (χ0n) is 46.8. The fourth-order valence-electron chi connectivity index (χ4n) is 8.03. The van der Waals surface area contributed by atoms with Crippen LogP contribution in [0.4, 0.5) is 0 Å². The number of methoxy groups -OCH3 is 6. The van der Waals surface area contributed by atoms with E-state index < -0.39 is 24.1 Å². The Labute approximate surface area is 465 Å². The Morgan fingerprint density at radius 1 is 0.564 bits per heavy atom. The average molecular weight is 1090 g/mol. The number of hydrogen-bond acceptors (Lipinski definition) is 14. The monoisotopic (exact) mass is 1090 g/mol. The largest absolute Gasteiger partial charge is 0.497 e. The molecule has 0 spiro atoms. The molecule has 15 nitrogen and oxygen atoms in total. The first-order chi connectivity index (χ1) is 37.3. The van der Waals surface area contributed by atoms with Gasteiger partial charge >= 0.3 is 11.9 Å². The lowest BCUT2D eigenvalue weighted by Gasteiger charge is -2.28. The number of benzene rings is 4. The number of esters is 1. The van der Waals surface area contributed by atoms with Gasteiger partial charge in [-0.2, -0.15) is 0 Å². The van der Waals surface area contributed by atoms with Gasteiger partial charge in [0.25, 0.3) is 0 Å². The van der Waals surface area contributed by atoms with E-state index in [4.69, 9.17) is 57.2 Å². The fraction of sp³-hybridized carbons (Fsp3) is 0.460. The Bertz CT molecular complexity index is 2280. The lowest BCUT2D eigenvalue weighted by Crippen LogP contribution is -2.31. The van der Waals surface area contributed by atoms with Crippen LogP contribution in [0.15, 0.2) is 136 Å². The summed E-state index contributed by atoms with van der Waals surface area (Å²) in [6, 6.07) is 26.1. The topological polar surface area (TPSA) is 176 Å². The van der Waals surface area contributed by atoms with Gasteiger partial charge in [-0.25, -0.2) is 9.59 Å². The molecule has 4 aromatic carbocycles. The third kappa shape index (κ3) is 26.4. The molecule has 2 N–H and O–H groups in total. The smallest absolute Gasteiger partial charge is 0.342 e. The molecule has 15 heteroatoms. The molecule has 0 amide bonds. The maximum atomic E-state index is 13.5. The second-order valence-electron chi connectivity index (χ2n) is 18.0. The van der Waals surface area contributed by atoms with E-state index in [2.05, 4.69) is 40.2 Å². The number of carbonyl (C=O) groups is 2. The van der Waals surface area contributed by atoms with Gasteiger partial charge in [-0.1, -0.05) is 94.1 Å². The highest BCUT2D eigenvalue weighted by Gasteiger charge is 2.28. The highest BCUT2D eigenvalue weighted by molar-refractivity contribution is 5.94. The van der Waals surface area contributed by atoms with Crippen molar-refractivity contribution >= 4 is 11.9 Å². The van der Waals surface area contributed by atoms with Crippen LogP contribution in [0.5, 0.6) is 23.0 Å². The first-order valence-electron chi connectivity index (χ1n) is 25.8. The molecule has 1 unspecified atom stereocenters. The number of rotatable bonds is 37. The number of aliphatic hydroxyl groups is 1. The van der Waals surface area contributed by atoms with Crippen LogP contribution in [0.3, 0.4) is 0 Å². The van der Waals surface area contributed by atoms with Crippen molar-refractivity contribution in [1.29, 1.82) is 0 Å². The second kappa shape index (κ2) is 41.8. The highest BCUT2D eigenvalue weighted by atomic mass is 16.7. The highest BCUT2D eigenvalue weighted by Crippen LogP contribution is 2.28. The normalized spacial score (nSPS) is 12.9. The number of carboxylic acids is 1.